The Balaban J connectivity index is 1.43. The Hall–Kier alpha value is -2.80. The van der Waals surface area contributed by atoms with E-state index in [4.69, 9.17) is 10.00 Å². The van der Waals surface area contributed by atoms with Crippen LogP contribution >= 0.6 is 0 Å². The van der Waals surface area contributed by atoms with Crippen molar-refractivity contribution in [1.29, 1.82) is 5.26 Å². The van der Waals surface area contributed by atoms with Gasteiger partial charge in [0.05, 0.1) is 17.7 Å². The Morgan fingerprint density at radius 2 is 1.88 bits per heavy atom. The standard InChI is InChI=1S/C22H24N2O2/c1-16-3-2-4-21(13-16)26-20-11-7-17(8-12-20)14-22(25)24-19-9-5-18(15-23)6-10-19/h2-6,9-10,13,17,20H,7-8,11-12,14H2,1H3,(H,24,25). The zero-order valence-corrected chi connectivity index (χ0v) is 15.1. The third-order valence-electron chi connectivity index (χ3n) is 4.86. The average Bonchev–Trinajstić information content (AvgIpc) is 2.64. The number of carbonyl (C=O) groups is 1. The molecule has 0 bridgehead atoms. The summed E-state index contributed by atoms with van der Waals surface area (Å²) in [6, 6.07) is 17.2. The first-order chi connectivity index (χ1) is 12.6. The number of aryl methyl sites for hydroxylation is 1. The van der Waals surface area contributed by atoms with Crippen LogP contribution in [0, 0.1) is 24.2 Å². The average molecular weight is 348 g/mol. The van der Waals surface area contributed by atoms with Gasteiger partial charge in [-0.2, -0.15) is 5.26 Å². The molecular formula is C22H24N2O2. The highest BCUT2D eigenvalue weighted by molar-refractivity contribution is 5.90. The first-order valence-electron chi connectivity index (χ1n) is 9.16. The van der Waals surface area contributed by atoms with Gasteiger partial charge in [-0.05, 0) is 80.5 Å². The van der Waals surface area contributed by atoms with E-state index in [1.807, 2.05) is 12.1 Å². The van der Waals surface area contributed by atoms with Crippen LogP contribution in [0.2, 0.25) is 0 Å². The molecule has 1 N–H and O–H groups in total. The van der Waals surface area contributed by atoms with Crippen LogP contribution in [0.4, 0.5) is 5.69 Å². The molecule has 0 spiro atoms. The summed E-state index contributed by atoms with van der Waals surface area (Å²) in [7, 11) is 0. The van der Waals surface area contributed by atoms with Gasteiger partial charge in [-0.1, -0.05) is 12.1 Å². The summed E-state index contributed by atoms with van der Waals surface area (Å²) >= 11 is 0. The van der Waals surface area contributed by atoms with Gasteiger partial charge in [0, 0.05) is 12.1 Å². The van der Waals surface area contributed by atoms with E-state index in [1.165, 1.54) is 5.56 Å². The molecule has 3 rings (SSSR count). The number of hydrogen-bond acceptors (Lipinski definition) is 3. The zero-order valence-electron chi connectivity index (χ0n) is 15.1. The van der Waals surface area contributed by atoms with E-state index in [1.54, 1.807) is 24.3 Å². The molecule has 1 aliphatic rings. The van der Waals surface area contributed by atoms with Crippen molar-refractivity contribution in [1.82, 2.24) is 0 Å². The van der Waals surface area contributed by atoms with Crippen molar-refractivity contribution in [3.8, 4) is 11.8 Å². The second kappa shape index (κ2) is 8.53. The molecule has 1 saturated carbocycles. The number of nitrogens with zero attached hydrogens (tertiary/aromatic N) is 1. The molecule has 4 nitrogen and oxygen atoms in total. The molecular weight excluding hydrogens is 324 g/mol. The van der Waals surface area contributed by atoms with Gasteiger partial charge < -0.3 is 10.1 Å². The van der Waals surface area contributed by atoms with Gasteiger partial charge in [0.25, 0.3) is 0 Å². The lowest BCUT2D eigenvalue weighted by Crippen LogP contribution is -2.26. The van der Waals surface area contributed by atoms with Crippen molar-refractivity contribution in [2.24, 2.45) is 5.92 Å². The number of benzene rings is 2. The number of anilines is 1. The van der Waals surface area contributed by atoms with E-state index in [2.05, 4.69) is 30.4 Å². The van der Waals surface area contributed by atoms with E-state index in [9.17, 15) is 4.79 Å². The molecule has 0 aliphatic heterocycles. The van der Waals surface area contributed by atoms with Gasteiger partial charge in [0.2, 0.25) is 5.91 Å². The Labute approximate surface area is 154 Å². The quantitative estimate of drug-likeness (QED) is 0.841. The highest BCUT2D eigenvalue weighted by Gasteiger charge is 2.24. The van der Waals surface area contributed by atoms with Crippen LogP contribution in [0.25, 0.3) is 0 Å². The monoisotopic (exact) mass is 348 g/mol. The zero-order chi connectivity index (χ0) is 18.4. The molecule has 1 amide bonds. The summed E-state index contributed by atoms with van der Waals surface area (Å²) < 4.78 is 6.08. The van der Waals surface area contributed by atoms with E-state index >= 15 is 0 Å². The molecule has 1 aliphatic carbocycles. The summed E-state index contributed by atoms with van der Waals surface area (Å²) in [6.45, 7) is 2.07. The lowest BCUT2D eigenvalue weighted by Gasteiger charge is -2.28. The van der Waals surface area contributed by atoms with Crippen molar-refractivity contribution in [3.05, 3.63) is 59.7 Å². The fourth-order valence-corrected chi connectivity index (χ4v) is 3.44. The van der Waals surface area contributed by atoms with Crippen molar-refractivity contribution in [2.45, 2.75) is 45.1 Å². The molecule has 1 fully saturated rings. The highest BCUT2D eigenvalue weighted by atomic mass is 16.5. The van der Waals surface area contributed by atoms with Crippen LogP contribution in [0.3, 0.4) is 0 Å². The van der Waals surface area contributed by atoms with Crippen LogP contribution < -0.4 is 10.1 Å². The van der Waals surface area contributed by atoms with Crippen LogP contribution in [0.5, 0.6) is 5.75 Å². The van der Waals surface area contributed by atoms with Gasteiger partial charge >= 0.3 is 0 Å². The fourth-order valence-electron chi connectivity index (χ4n) is 3.44. The van der Waals surface area contributed by atoms with Crippen molar-refractivity contribution in [2.75, 3.05) is 5.32 Å². The number of nitriles is 1. The minimum atomic E-state index is 0.0396. The second-order valence-electron chi connectivity index (χ2n) is 7.02. The van der Waals surface area contributed by atoms with Crippen LogP contribution in [-0.2, 0) is 4.79 Å². The largest absolute Gasteiger partial charge is 0.490 e. The molecule has 134 valence electrons. The van der Waals surface area contributed by atoms with Gasteiger partial charge in [-0.3, -0.25) is 4.79 Å². The predicted octanol–water partition coefficient (Wildman–Crippen LogP) is 4.83. The molecule has 0 saturated heterocycles. The maximum atomic E-state index is 12.2. The number of nitrogens with one attached hydrogen (secondary N) is 1. The number of amides is 1. The third-order valence-corrected chi connectivity index (χ3v) is 4.86. The van der Waals surface area contributed by atoms with Crippen LogP contribution in [0.1, 0.15) is 43.2 Å². The number of rotatable bonds is 5. The van der Waals surface area contributed by atoms with Crippen LogP contribution in [-0.4, -0.2) is 12.0 Å². The summed E-state index contributed by atoms with van der Waals surface area (Å²) in [4.78, 5) is 12.2. The Morgan fingerprint density at radius 3 is 2.54 bits per heavy atom. The van der Waals surface area contributed by atoms with E-state index < -0.39 is 0 Å². The van der Waals surface area contributed by atoms with Crippen molar-refractivity contribution < 1.29 is 9.53 Å². The van der Waals surface area contributed by atoms with E-state index in [-0.39, 0.29) is 12.0 Å². The summed E-state index contributed by atoms with van der Waals surface area (Å²) in [5.41, 5.74) is 2.54. The van der Waals surface area contributed by atoms with E-state index in [0.717, 1.165) is 37.1 Å². The summed E-state index contributed by atoms with van der Waals surface area (Å²) in [6.07, 6.45) is 4.78. The maximum absolute atomic E-state index is 12.2. The Morgan fingerprint density at radius 1 is 1.15 bits per heavy atom. The molecule has 0 heterocycles. The lowest BCUT2D eigenvalue weighted by atomic mass is 9.85. The molecule has 2 aromatic rings. The molecule has 4 heteroatoms. The molecule has 0 unspecified atom stereocenters. The lowest BCUT2D eigenvalue weighted by molar-refractivity contribution is -0.117. The SMILES string of the molecule is Cc1cccc(OC2CCC(CC(=O)Nc3ccc(C#N)cc3)CC2)c1. The third kappa shape index (κ3) is 5.10. The van der Waals surface area contributed by atoms with Crippen LogP contribution in [0.15, 0.2) is 48.5 Å². The molecule has 0 aromatic heterocycles. The predicted molar refractivity (Wildman–Crippen MR) is 102 cm³/mol. The van der Waals surface area contributed by atoms with Crippen molar-refractivity contribution >= 4 is 11.6 Å². The normalized spacial score (nSPS) is 19.4. The number of hydrogen-bond donors (Lipinski definition) is 1. The van der Waals surface area contributed by atoms with Crippen molar-refractivity contribution in [3.63, 3.8) is 0 Å². The molecule has 0 radical (unpaired) electrons. The Kier molecular flexibility index (Phi) is 5.91. The first-order valence-corrected chi connectivity index (χ1v) is 9.16. The molecule has 2 aromatic carbocycles. The first kappa shape index (κ1) is 18.0. The molecule has 26 heavy (non-hydrogen) atoms. The topological polar surface area (TPSA) is 62.1 Å². The number of carbonyl (C=O) groups excluding carboxylic acids is 1. The minimum absolute atomic E-state index is 0.0396. The maximum Gasteiger partial charge on any atom is 0.224 e. The Bertz CT molecular complexity index is 785. The highest BCUT2D eigenvalue weighted by Crippen LogP contribution is 2.30. The van der Waals surface area contributed by atoms with Gasteiger partial charge in [0.15, 0.2) is 0 Å². The van der Waals surface area contributed by atoms with Gasteiger partial charge in [-0.25, -0.2) is 0 Å². The smallest absolute Gasteiger partial charge is 0.224 e. The summed E-state index contributed by atoms with van der Waals surface area (Å²) in [5, 5.41) is 11.7. The second-order valence-corrected chi connectivity index (χ2v) is 7.02. The number of ether oxygens (including phenoxy) is 1. The van der Waals surface area contributed by atoms with Gasteiger partial charge in [-0.15, -0.1) is 0 Å². The van der Waals surface area contributed by atoms with E-state index in [0.29, 0.717) is 17.9 Å². The minimum Gasteiger partial charge on any atom is -0.490 e. The van der Waals surface area contributed by atoms with Gasteiger partial charge in [0.1, 0.15) is 5.75 Å². The fraction of sp³-hybridized carbons (Fsp3) is 0.364. The summed E-state index contributed by atoms with van der Waals surface area (Å²) in [5.74, 6) is 1.38. The molecule has 0 atom stereocenters.